The normalized spacial score (nSPS) is 26.6. The van der Waals surface area contributed by atoms with E-state index in [0.29, 0.717) is 12.4 Å². The lowest BCUT2D eigenvalue weighted by Crippen LogP contribution is -2.29. The number of aromatic hydroxyl groups is 1. The molecule has 17 heavy (non-hydrogen) atoms. The molecule has 3 rings (SSSR count). The monoisotopic (exact) mass is 251 g/mol. The minimum atomic E-state index is -0.437. The molecule has 0 saturated carbocycles. The van der Waals surface area contributed by atoms with E-state index >= 15 is 0 Å². The van der Waals surface area contributed by atoms with Crippen molar-refractivity contribution >= 4 is 22.9 Å². The molecule has 6 heteroatoms. The van der Waals surface area contributed by atoms with Gasteiger partial charge < -0.3 is 9.84 Å². The first-order chi connectivity index (χ1) is 8.15. The third-order valence-electron chi connectivity index (χ3n) is 2.90. The summed E-state index contributed by atoms with van der Waals surface area (Å²) in [5, 5.41) is 10.8. The molecule has 2 unspecified atom stereocenters. The lowest BCUT2D eigenvalue weighted by molar-refractivity contribution is -0.119. The van der Waals surface area contributed by atoms with E-state index in [4.69, 9.17) is 4.74 Å². The maximum atomic E-state index is 11.6. The van der Waals surface area contributed by atoms with Crippen molar-refractivity contribution in [1.82, 2.24) is 5.32 Å². The van der Waals surface area contributed by atoms with Crippen molar-refractivity contribution in [2.24, 2.45) is 0 Å². The Morgan fingerprint density at radius 2 is 2.24 bits per heavy atom. The van der Waals surface area contributed by atoms with Gasteiger partial charge in [-0.2, -0.15) is 0 Å². The van der Waals surface area contributed by atoms with Crippen molar-refractivity contribution < 1.29 is 19.4 Å². The van der Waals surface area contributed by atoms with Gasteiger partial charge in [-0.1, -0.05) is 17.8 Å². The first-order valence-electron chi connectivity index (χ1n) is 5.12. The average molecular weight is 251 g/mol. The van der Waals surface area contributed by atoms with Crippen LogP contribution in [0.15, 0.2) is 18.2 Å². The maximum absolute atomic E-state index is 11.6. The van der Waals surface area contributed by atoms with Crippen LogP contribution in [-0.2, 0) is 4.79 Å². The number of carbonyl (C=O) groups is 2. The van der Waals surface area contributed by atoms with Crippen molar-refractivity contribution in [3.63, 3.8) is 0 Å². The largest absolute Gasteiger partial charge is 0.508 e. The third-order valence-corrected chi connectivity index (χ3v) is 4.01. The average Bonchev–Trinajstić information content (AvgIpc) is 2.81. The van der Waals surface area contributed by atoms with Crippen molar-refractivity contribution in [2.45, 2.75) is 11.2 Å². The predicted octanol–water partition coefficient (Wildman–Crippen LogP) is 1.22. The first kappa shape index (κ1) is 10.5. The second-order valence-electron chi connectivity index (χ2n) is 3.95. The van der Waals surface area contributed by atoms with E-state index in [-0.39, 0.29) is 22.8 Å². The van der Waals surface area contributed by atoms with Crippen LogP contribution in [0.2, 0.25) is 0 Å². The topological polar surface area (TPSA) is 75.6 Å². The highest BCUT2D eigenvalue weighted by Crippen LogP contribution is 2.42. The number of hydrogen-bond donors (Lipinski definition) is 2. The summed E-state index contributed by atoms with van der Waals surface area (Å²) in [6, 6.07) is 4.81. The van der Waals surface area contributed by atoms with E-state index in [1.54, 1.807) is 12.1 Å². The molecule has 2 aliphatic heterocycles. The Morgan fingerprint density at radius 3 is 2.94 bits per heavy atom. The molecule has 2 aliphatic rings. The number of fused-ring (bicyclic) bond motifs is 1. The summed E-state index contributed by atoms with van der Waals surface area (Å²) < 4.78 is 5.42. The van der Waals surface area contributed by atoms with Crippen LogP contribution in [0.3, 0.4) is 0 Å². The summed E-state index contributed by atoms with van der Waals surface area (Å²) in [5.41, 5.74) is 0.866. The van der Waals surface area contributed by atoms with Gasteiger partial charge >= 0.3 is 0 Å². The highest BCUT2D eigenvalue weighted by molar-refractivity contribution is 8.15. The highest BCUT2D eigenvalue weighted by Gasteiger charge is 2.42. The minimum absolute atomic E-state index is 0.129. The Hall–Kier alpha value is -1.69. The minimum Gasteiger partial charge on any atom is -0.508 e. The molecule has 2 atom stereocenters. The number of nitrogens with one attached hydrogen (secondary N) is 1. The Kier molecular flexibility index (Phi) is 2.25. The Morgan fingerprint density at radius 1 is 1.41 bits per heavy atom. The number of carbonyl (C=O) groups excluding carboxylic acids is 2. The Bertz CT molecular complexity index is 516. The van der Waals surface area contributed by atoms with Crippen LogP contribution in [0, 0.1) is 0 Å². The van der Waals surface area contributed by atoms with Crippen LogP contribution in [0.4, 0.5) is 4.79 Å². The number of ether oxygens (including phenoxy) is 1. The van der Waals surface area contributed by atoms with Crippen molar-refractivity contribution in [1.29, 1.82) is 0 Å². The molecule has 2 N–H and O–H groups in total. The van der Waals surface area contributed by atoms with Crippen molar-refractivity contribution in [2.75, 3.05) is 6.61 Å². The molecule has 0 spiro atoms. The number of phenolic OH excluding ortho intramolecular Hbond substituents is 1. The van der Waals surface area contributed by atoms with Gasteiger partial charge in [0.2, 0.25) is 5.91 Å². The lowest BCUT2D eigenvalue weighted by Gasteiger charge is -2.12. The summed E-state index contributed by atoms with van der Waals surface area (Å²) in [7, 11) is 0. The first-order valence-corrected chi connectivity index (χ1v) is 6.00. The molecule has 1 aromatic rings. The van der Waals surface area contributed by atoms with Gasteiger partial charge in [-0.05, 0) is 6.07 Å². The van der Waals surface area contributed by atoms with Crippen LogP contribution < -0.4 is 10.1 Å². The predicted molar refractivity (Wildman–Crippen MR) is 61.3 cm³/mol. The van der Waals surface area contributed by atoms with E-state index in [1.807, 2.05) is 0 Å². The molecule has 2 amide bonds. The second kappa shape index (κ2) is 3.66. The van der Waals surface area contributed by atoms with Crippen LogP contribution in [-0.4, -0.2) is 28.1 Å². The number of phenols is 1. The molecule has 2 heterocycles. The third kappa shape index (κ3) is 1.64. The number of rotatable bonds is 1. The molecule has 0 aliphatic carbocycles. The molecule has 0 aromatic heterocycles. The zero-order valence-corrected chi connectivity index (χ0v) is 9.49. The number of amides is 2. The fourth-order valence-electron chi connectivity index (χ4n) is 2.11. The van der Waals surface area contributed by atoms with Crippen molar-refractivity contribution in [3.05, 3.63) is 23.8 Å². The second-order valence-corrected chi connectivity index (χ2v) is 5.07. The van der Waals surface area contributed by atoms with Gasteiger partial charge in [-0.3, -0.25) is 14.9 Å². The van der Waals surface area contributed by atoms with Gasteiger partial charge in [0, 0.05) is 17.5 Å². The van der Waals surface area contributed by atoms with E-state index in [9.17, 15) is 14.7 Å². The molecule has 0 radical (unpaired) electrons. The SMILES string of the molecule is O=C1NC(=O)C(C2COc3cc(O)ccc32)S1. The van der Waals surface area contributed by atoms with E-state index in [2.05, 4.69) is 5.32 Å². The molecule has 1 saturated heterocycles. The molecular weight excluding hydrogens is 242 g/mol. The van der Waals surface area contributed by atoms with E-state index in [1.165, 1.54) is 6.07 Å². The van der Waals surface area contributed by atoms with Crippen molar-refractivity contribution in [3.8, 4) is 11.5 Å². The molecule has 1 aromatic carbocycles. The van der Waals surface area contributed by atoms with Crippen LogP contribution in [0.25, 0.3) is 0 Å². The number of benzene rings is 1. The zero-order valence-electron chi connectivity index (χ0n) is 8.67. The number of thioether (sulfide) groups is 1. The molecule has 88 valence electrons. The maximum Gasteiger partial charge on any atom is 0.286 e. The summed E-state index contributed by atoms with van der Waals surface area (Å²) in [5.74, 6) is 0.309. The number of hydrogen-bond acceptors (Lipinski definition) is 5. The summed E-state index contributed by atoms with van der Waals surface area (Å²) in [6.07, 6.45) is 0. The van der Waals surface area contributed by atoms with Crippen LogP contribution >= 0.6 is 11.8 Å². The van der Waals surface area contributed by atoms with Gasteiger partial charge in [0.15, 0.2) is 0 Å². The molecule has 1 fully saturated rings. The molecule has 5 nitrogen and oxygen atoms in total. The van der Waals surface area contributed by atoms with Gasteiger partial charge in [-0.25, -0.2) is 0 Å². The smallest absolute Gasteiger partial charge is 0.286 e. The fraction of sp³-hybridized carbons (Fsp3) is 0.273. The highest BCUT2D eigenvalue weighted by atomic mass is 32.2. The summed E-state index contributed by atoms with van der Waals surface area (Å²) >= 11 is 0.997. The van der Waals surface area contributed by atoms with Gasteiger partial charge in [0.25, 0.3) is 5.24 Å². The Balaban J connectivity index is 1.93. The standard InChI is InChI=1S/C11H9NO4S/c13-5-1-2-6-7(4-16-8(6)3-5)9-10(14)12-11(15)17-9/h1-3,7,9,13H,4H2,(H,12,14,15). The Labute approximate surface area is 101 Å². The summed E-state index contributed by atoms with van der Waals surface area (Å²) in [4.78, 5) is 22.7. The van der Waals surface area contributed by atoms with Crippen LogP contribution in [0.5, 0.6) is 11.5 Å². The van der Waals surface area contributed by atoms with Gasteiger partial charge in [0.05, 0.1) is 6.61 Å². The fourth-order valence-corrected chi connectivity index (χ4v) is 3.05. The van der Waals surface area contributed by atoms with Gasteiger partial charge in [0.1, 0.15) is 16.7 Å². The summed E-state index contributed by atoms with van der Waals surface area (Å²) in [6.45, 7) is 0.358. The quantitative estimate of drug-likeness (QED) is 0.785. The van der Waals surface area contributed by atoms with E-state index < -0.39 is 5.25 Å². The molecule has 0 bridgehead atoms. The van der Waals surface area contributed by atoms with Crippen LogP contribution in [0.1, 0.15) is 11.5 Å². The molecular formula is C11H9NO4S. The van der Waals surface area contributed by atoms with E-state index in [0.717, 1.165) is 17.3 Å². The number of imide groups is 1. The lowest BCUT2D eigenvalue weighted by atomic mass is 9.97. The zero-order chi connectivity index (χ0) is 12.0. The van der Waals surface area contributed by atoms with Gasteiger partial charge in [-0.15, -0.1) is 0 Å².